The second kappa shape index (κ2) is 10.7. The average molecular weight is 422 g/mol. The molecule has 2 aliphatic heterocycles. The first kappa shape index (κ1) is 22.5. The predicted molar refractivity (Wildman–Crippen MR) is 113 cm³/mol. The van der Waals surface area contributed by atoms with E-state index in [4.69, 9.17) is 14.7 Å². The van der Waals surface area contributed by atoms with E-state index in [0.29, 0.717) is 18.8 Å². The smallest absolute Gasteiger partial charge is 0.124 e. The van der Waals surface area contributed by atoms with Gasteiger partial charge in [0.25, 0.3) is 0 Å². The van der Waals surface area contributed by atoms with Crippen LogP contribution >= 0.6 is 24.8 Å². The molecule has 0 aromatic heterocycles. The number of hydrogen-bond donors (Lipinski definition) is 1. The summed E-state index contributed by atoms with van der Waals surface area (Å²) in [5.74, 6) is 0.961. The molecule has 4 rings (SSSR count). The molecule has 2 aliphatic rings. The highest BCUT2D eigenvalue weighted by atomic mass is 35.5. The van der Waals surface area contributed by atoms with Gasteiger partial charge in [0.15, 0.2) is 0 Å². The molecule has 2 unspecified atom stereocenters. The Morgan fingerprint density at radius 1 is 1.11 bits per heavy atom. The number of hydrogen-bond acceptors (Lipinski definition) is 5. The first-order valence-electron chi connectivity index (χ1n) is 9.12. The van der Waals surface area contributed by atoms with Gasteiger partial charge in [-0.05, 0) is 23.8 Å². The van der Waals surface area contributed by atoms with E-state index in [1.54, 1.807) is 0 Å². The molecule has 0 bridgehead atoms. The van der Waals surface area contributed by atoms with E-state index in [-0.39, 0.29) is 37.0 Å². The molecule has 1 fully saturated rings. The van der Waals surface area contributed by atoms with Gasteiger partial charge in [-0.1, -0.05) is 30.3 Å². The van der Waals surface area contributed by atoms with Crippen LogP contribution in [0, 0.1) is 11.3 Å². The number of rotatable bonds is 4. The van der Waals surface area contributed by atoms with Crippen LogP contribution in [0.25, 0.3) is 0 Å². The fourth-order valence-corrected chi connectivity index (χ4v) is 3.78. The van der Waals surface area contributed by atoms with Crippen LogP contribution in [0.3, 0.4) is 0 Å². The van der Waals surface area contributed by atoms with Crippen LogP contribution in [0.15, 0.2) is 48.5 Å². The molecule has 0 radical (unpaired) electrons. The Hall–Kier alpha value is -1.81. The highest BCUT2D eigenvalue weighted by Gasteiger charge is 2.36. The Bertz CT molecular complexity index is 806. The maximum atomic E-state index is 9.08. The maximum Gasteiger partial charge on any atom is 0.124 e. The van der Waals surface area contributed by atoms with Gasteiger partial charge in [0.05, 0.1) is 24.3 Å². The summed E-state index contributed by atoms with van der Waals surface area (Å²) in [5, 5.41) is 12.5. The van der Waals surface area contributed by atoms with Crippen molar-refractivity contribution in [2.24, 2.45) is 0 Å². The summed E-state index contributed by atoms with van der Waals surface area (Å²) < 4.78 is 12.3. The first-order valence-corrected chi connectivity index (χ1v) is 9.12. The number of benzene rings is 2. The molecule has 2 heterocycles. The highest BCUT2D eigenvalue weighted by molar-refractivity contribution is 5.85. The SMILES string of the molecule is Cl.Cl.N#Cc1cccc(COC2COc3ccccc3C2N2CCNCC2)c1. The quantitative estimate of drug-likeness (QED) is 0.820. The van der Waals surface area contributed by atoms with Gasteiger partial charge >= 0.3 is 0 Å². The van der Waals surface area contributed by atoms with E-state index in [1.165, 1.54) is 5.56 Å². The molecular formula is C21H25Cl2N3O2. The lowest BCUT2D eigenvalue weighted by atomic mass is 9.95. The number of nitrogens with zero attached hydrogens (tertiary/aromatic N) is 2. The molecule has 0 saturated carbocycles. The molecule has 28 heavy (non-hydrogen) atoms. The van der Waals surface area contributed by atoms with Crippen LogP contribution < -0.4 is 10.1 Å². The molecule has 5 nitrogen and oxygen atoms in total. The van der Waals surface area contributed by atoms with Gasteiger partial charge in [-0.15, -0.1) is 24.8 Å². The van der Waals surface area contributed by atoms with Gasteiger partial charge in [0.1, 0.15) is 18.5 Å². The summed E-state index contributed by atoms with van der Waals surface area (Å²) in [5.41, 5.74) is 2.88. The van der Waals surface area contributed by atoms with Crippen molar-refractivity contribution in [1.29, 1.82) is 5.26 Å². The molecular weight excluding hydrogens is 397 g/mol. The molecule has 150 valence electrons. The fraction of sp³-hybridized carbons (Fsp3) is 0.381. The van der Waals surface area contributed by atoms with Gasteiger partial charge < -0.3 is 14.8 Å². The molecule has 1 N–H and O–H groups in total. The molecule has 0 amide bonds. The number of nitriles is 1. The molecule has 0 aliphatic carbocycles. The first-order chi connectivity index (χ1) is 12.8. The predicted octanol–water partition coefficient (Wildman–Crippen LogP) is 3.33. The zero-order chi connectivity index (χ0) is 17.8. The van der Waals surface area contributed by atoms with E-state index in [1.807, 2.05) is 36.4 Å². The van der Waals surface area contributed by atoms with Gasteiger partial charge in [-0.25, -0.2) is 0 Å². The van der Waals surface area contributed by atoms with E-state index >= 15 is 0 Å². The third kappa shape index (κ3) is 4.96. The van der Waals surface area contributed by atoms with Crippen molar-refractivity contribution in [3.8, 4) is 11.8 Å². The second-order valence-corrected chi connectivity index (χ2v) is 6.74. The summed E-state index contributed by atoms with van der Waals surface area (Å²) in [6.07, 6.45) is -0.0336. The maximum absolute atomic E-state index is 9.08. The van der Waals surface area contributed by atoms with Crippen LogP contribution in [0.4, 0.5) is 0 Å². The van der Waals surface area contributed by atoms with Crippen molar-refractivity contribution >= 4 is 24.8 Å². The monoisotopic (exact) mass is 421 g/mol. The molecule has 0 spiro atoms. The molecule has 2 atom stereocenters. The standard InChI is InChI=1S/C21H23N3O2.2ClH/c22-13-16-4-3-5-17(12-16)14-25-20-15-26-19-7-2-1-6-18(19)21(20)24-10-8-23-9-11-24;;/h1-7,12,20-21,23H,8-11,14-15H2;2*1H. The van der Waals surface area contributed by atoms with Gasteiger partial charge in [0, 0.05) is 31.7 Å². The van der Waals surface area contributed by atoms with E-state index < -0.39 is 0 Å². The van der Waals surface area contributed by atoms with Gasteiger partial charge in [-0.2, -0.15) is 5.26 Å². The molecule has 2 aromatic rings. The Labute approximate surface area is 178 Å². The summed E-state index contributed by atoms with van der Waals surface area (Å²) in [6, 6.07) is 18.2. The Morgan fingerprint density at radius 3 is 2.68 bits per heavy atom. The molecule has 7 heteroatoms. The number of para-hydroxylation sites is 1. The summed E-state index contributed by atoms with van der Waals surface area (Å²) in [7, 11) is 0. The third-order valence-corrected chi connectivity index (χ3v) is 5.06. The van der Waals surface area contributed by atoms with Crippen LogP contribution in [-0.2, 0) is 11.3 Å². The average Bonchev–Trinajstić information content (AvgIpc) is 2.72. The minimum absolute atomic E-state index is 0. The van der Waals surface area contributed by atoms with Crippen LogP contribution in [0.2, 0.25) is 0 Å². The summed E-state index contributed by atoms with van der Waals surface area (Å²) >= 11 is 0. The minimum Gasteiger partial charge on any atom is -0.490 e. The summed E-state index contributed by atoms with van der Waals surface area (Å²) in [4.78, 5) is 2.49. The van der Waals surface area contributed by atoms with Crippen molar-refractivity contribution in [3.05, 3.63) is 65.2 Å². The Balaban J connectivity index is 0.00000140. The lowest BCUT2D eigenvalue weighted by Crippen LogP contribution is -2.51. The van der Waals surface area contributed by atoms with E-state index in [2.05, 4.69) is 28.4 Å². The largest absolute Gasteiger partial charge is 0.490 e. The van der Waals surface area contributed by atoms with Crippen molar-refractivity contribution in [2.45, 2.75) is 18.8 Å². The summed E-state index contributed by atoms with van der Waals surface area (Å²) in [6.45, 7) is 5.02. The van der Waals surface area contributed by atoms with Crippen molar-refractivity contribution < 1.29 is 9.47 Å². The van der Waals surface area contributed by atoms with Gasteiger partial charge in [0.2, 0.25) is 0 Å². The lowest BCUT2D eigenvalue weighted by molar-refractivity contribution is -0.0617. The lowest BCUT2D eigenvalue weighted by Gasteiger charge is -2.42. The molecule has 2 aromatic carbocycles. The number of piperazine rings is 1. The van der Waals surface area contributed by atoms with E-state index in [9.17, 15) is 0 Å². The Kier molecular flexibility index (Phi) is 8.56. The number of halogens is 2. The Morgan fingerprint density at radius 2 is 1.89 bits per heavy atom. The topological polar surface area (TPSA) is 57.5 Å². The normalized spacial score (nSPS) is 21.2. The third-order valence-electron chi connectivity index (χ3n) is 5.06. The van der Waals surface area contributed by atoms with Crippen LogP contribution in [0.1, 0.15) is 22.7 Å². The van der Waals surface area contributed by atoms with Crippen molar-refractivity contribution in [1.82, 2.24) is 10.2 Å². The number of fused-ring (bicyclic) bond motifs is 1. The second-order valence-electron chi connectivity index (χ2n) is 6.74. The highest BCUT2D eigenvalue weighted by Crippen LogP contribution is 2.37. The van der Waals surface area contributed by atoms with Crippen LogP contribution in [-0.4, -0.2) is 43.8 Å². The van der Waals surface area contributed by atoms with Crippen molar-refractivity contribution in [2.75, 3.05) is 32.8 Å². The zero-order valence-electron chi connectivity index (χ0n) is 15.5. The number of nitrogens with one attached hydrogen (secondary N) is 1. The van der Waals surface area contributed by atoms with E-state index in [0.717, 1.165) is 37.5 Å². The van der Waals surface area contributed by atoms with Crippen LogP contribution in [0.5, 0.6) is 5.75 Å². The van der Waals surface area contributed by atoms with Gasteiger partial charge in [-0.3, -0.25) is 4.90 Å². The van der Waals surface area contributed by atoms with Crippen molar-refractivity contribution in [3.63, 3.8) is 0 Å². The number of ether oxygens (including phenoxy) is 2. The molecule has 1 saturated heterocycles. The zero-order valence-corrected chi connectivity index (χ0v) is 17.2. The fourth-order valence-electron chi connectivity index (χ4n) is 3.78. The minimum atomic E-state index is -0.0336.